The second-order valence-corrected chi connectivity index (χ2v) is 2.40. The second-order valence-electron chi connectivity index (χ2n) is 2.40. The third kappa shape index (κ3) is 1.72. The van der Waals surface area contributed by atoms with E-state index in [1.807, 2.05) is 0 Å². The summed E-state index contributed by atoms with van der Waals surface area (Å²) in [6.45, 7) is -0.545. The molecule has 1 rings (SSSR count). The summed E-state index contributed by atoms with van der Waals surface area (Å²) >= 11 is 0. The topological polar surface area (TPSA) is 60.7 Å². The van der Waals surface area contributed by atoms with Gasteiger partial charge in [0.15, 0.2) is 0 Å². The van der Waals surface area contributed by atoms with Gasteiger partial charge in [-0.15, -0.1) is 0 Å². The van der Waals surface area contributed by atoms with E-state index in [1.54, 1.807) is 0 Å². The van der Waals surface area contributed by atoms with E-state index in [0.717, 1.165) is 18.2 Å². The van der Waals surface area contributed by atoms with Gasteiger partial charge in [-0.1, -0.05) is 0 Å². The molecule has 66 valence electrons. The summed E-state index contributed by atoms with van der Waals surface area (Å²) in [6, 6.07) is 3.18. The number of aromatic hydroxyl groups is 1. The van der Waals surface area contributed by atoms with Crippen LogP contribution < -0.4 is 0 Å². The average Bonchev–Trinajstić information content (AvgIpc) is 2.08. The molecule has 0 saturated heterocycles. The van der Waals surface area contributed by atoms with Gasteiger partial charge in [-0.25, -0.2) is 4.39 Å². The molecule has 0 aliphatic rings. The molecule has 0 radical (unpaired) electrons. The van der Waals surface area contributed by atoms with Crippen LogP contribution in [0.5, 0.6) is 5.75 Å². The molecule has 0 aliphatic carbocycles. The maximum absolute atomic E-state index is 12.5. The number of phenolic OH excluding ortho intramolecular Hbond substituents is 1. The first kappa shape index (κ1) is 8.96. The zero-order chi connectivity index (χ0) is 9.14. The molecule has 0 aliphatic heterocycles. The summed E-state index contributed by atoms with van der Waals surface area (Å²) < 4.78 is 12.5. The third-order valence-corrected chi connectivity index (χ3v) is 1.52. The summed E-state index contributed by atoms with van der Waals surface area (Å²) in [5, 5.41) is 26.7. The molecule has 0 aromatic heterocycles. The highest BCUT2D eigenvalue weighted by Crippen LogP contribution is 2.24. The molecule has 0 heterocycles. The Morgan fingerprint density at radius 3 is 2.67 bits per heavy atom. The van der Waals surface area contributed by atoms with Crippen LogP contribution in [-0.2, 0) is 0 Å². The summed E-state index contributed by atoms with van der Waals surface area (Å²) in [7, 11) is 0. The molecule has 0 saturated carbocycles. The number of aliphatic hydroxyl groups excluding tert-OH is 2. The van der Waals surface area contributed by atoms with E-state index in [4.69, 9.17) is 15.3 Å². The first-order chi connectivity index (χ1) is 5.65. The highest BCUT2D eigenvalue weighted by molar-refractivity contribution is 5.34. The maximum Gasteiger partial charge on any atom is 0.123 e. The highest BCUT2D eigenvalue weighted by atomic mass is 19.1. The predicted molar refractivity (Wildman–Crippen MR) is 40.1 cm³/mol. The van der Waals surface area contributed by atoms with Gasteiger partial charge in [0.1, 0.15) is 17.7 Å². The van der Waals surface area contributed by atoms with Crippen LogP contribution in [0.1, 0.15) is 11.7 Å². The minimum atomic E-state index is -1.24. The van der Waals surface area contributed by atoms with Crippen LogP contribution in [0.15, 0.2) is 18.2 Å². The molecule has 0 spiro atoms. The molecule has 0 fully saturated rings. The van der Waals surface area contributed by atoms with E-state index in [2.05, 4.69) is 0 Å². The number of phenols is 1. The van der Waals surface area contributed by atoms with Crippen molar-refractivity contribution in [1.82, 2.24) is 0 Å². The van der Waals surface area contributed by atoms with Crippen molar-refractivity contribution in [2.45, 2.75) is 6.10 Å². The fourth-order valence-corrected chi connectivity index (χ4v) is 0.891. The van der Waals surface area contributed by atoms with E-state index in [1.165, 1.54) is 0 Å². The minimum absolute atomic E-state index is 0.00231. The van der Waals surface area contributed by atoms with Crippen LogP contribution in [0.2, 0.25) is 0 Å². The van der Waals surface area contributed by atoms with E-state index in [0.29, 0.717) is 0 Å². The van der Waals surface area contributed by atoms with Gasteiger partial charge >= 0.3 is 0 Å². The van der Waals surface area contributed by atoms with E-state index >= 15 is 0 Å². The van der Waals surface area contributed by atoms with Crippen molar-refractivity contribution in [3.63, 3.8) is 0 Å². The van der Waals surface area contributed by atoms with Gasteiger partial charge in [-0.05, 0) is 18.2 Å². The fraction of sp³-hybridized carbons (Fsp3) is 0.250. The number of benzene rings is 1. The van der Waals surface area contributed by atoms with Gasteiger partial charge in [-0.3, -0.25) is 0 Å². The van der Waals surface area contributed by atoms with Gasteiger partial charge < -0.3 is 15.3 Å². The Bertz CT molecular complexity index is 275. The summed E-state index contributed by atoms with van der Waals surface area (Å²) in [5.74, 6) is -0.784. The first-order valence-electron chi connectivity index (χ1n) is 3.42. The zero-order valence-electron chi connectivity index (χ0n) is 6.24. The fourth-order valence-electron chi connectivity index (χ4n) is 0.891. The lowest BCUT2D eigenvalue weighted by Crippen LogP contribution is -2.02. The quantitative estimate of drug-likeness (QED) is 0.610. The lowest BCUT2D eigenvalue weighted by molar-refractivity contribution is 0.0932. The number of hydrogen-bond donors (Lipinski definition) is 3. The monoisotopic (exact) mass is 172 g/mol. The summed E-state index contributed by atoms with van der Waals surface area (Å²) in [6.07, 6.45) is -1.24. The zero-order valence-corrected chi connectivity index (χ0v) is 6.24. The number of hydrogen-bond acceptors (Lipinski definition) is 3. The van der Waals surface area contributed by atoms with Crippen LogP contribution in [0.4, 0.5) is 4.39 Å². The maximum atomic E-state index is 12.5. The molecule has 1 aromatic rings. The molecule has 4 heteroatoms. The second kappa shape index (κ2) is 3.51. The molecule has 1 aromatic carbocycles. The van der Waals surface area contributed by atoms with Crippen molar-refractivity contribution in [2.75, 3.05) is 6.61 Å². The largest absolute Gasteiger partial charge is 0.508 e. The van der Waals surface area contributed by atoms with E-state index < -0.39 is 18.5 Å². The van der Waals surface area contributed by atoms with Crippen LogP contribution in [0.25, 0.3) is 0 Å². The first-order valence-corrected chi connectivity index (χ1v) is 3.42. The van der Waals surface area contributed by atoms with Crippen molar-refractivity contribution >= 4 is 0 Å². The molecule has 0 bridgehead atoms. The van der Waals surface area contributed by atoms with Crippen LogP contribution >= 0.6 is 0 Å². The Labute approximate surface area is 68.7 Å². The minimum Gasteiger partial charge on any atom is -0.508 e. The van der Waals surface area contributed by atoms with Crippen molar-refractivity contribution in [3.8, 4) is 5.75 Å². The molecular formula is C8H9FO3. The summed E-state index contributed by atoms with van der Waals surface area (Å²) in [4.78, 5) is 0. The van der Waals surface area contributed by atoms with Gasteiger partial charge in [0.05, 0.1) is 6.61 Å². The van der Waals surface area contributed by atoms with Gasteiger partial charge in [0.2, 0.25) is 0 Å². The molecule has 3 nitrogen and oxygen atoms in total. The van der Waals surface area contributed by atoms with Crippen molar-refractivity contribution < 1.29 is 19.7 Å². The highest BCUT2D eigenvalue weighted by Gasteiger charge is 2.11. The van der Waals surface area contributed by atoms with Crippen LogP contribution in [0, 0.1) is 5.82 Å². The normalized spacial score (nSPS) is 12.9. The van der Waals surface area contributed by atoms with Gasteiger partial charge in [0, 0.05) is 5.56 Å². The smallest absolute Gasteiger partial charge is 0.123 e. The van der Waals surface area contributed by atoms with Gasteiger partial charge in [-0.2, -0.15) is 0 Å². The Kier molecular flexibility index (Phi) is 2.62. The molecule has 12 heavy (non-hydrogen) atoms. The molecule has 0 amide bonds. The number of aliphatic hydroxyl groups is 2. The molecule has 3 N–H and O–H groups in total. The average molecular weight is 172 g/mol. The van der Waals surface area contributed by atoms with E-state index in [9.17, 15) is 4.39 Å². The SMILES string of the molecule is OCC(O)c1cc(F)ccc1O. The molecular weight excluding hydrogens is 163 g/mol. The van der Waals surface area contributed by atoms with Crippen LogP contribution in [-0.4, -0.2) is 21.9 Å². The number of halogens is 1. The predicted octanol–water partition coefficient (Wildman–Crippen LogP) is 0.557. The van der Waals surface area contributed by atoms with E-state index in [-0.39, 0.29) is 11.3 Å². The third-order valence-electron chi connectivity index (χ3n) is 1.52. The number of rotatable bonds is 2. The van der Waals surface area contributed by atoms with Crippen molar-refractivity contribution in [2.24, 2.45) is 0 Å². The molecule has 1 unspecified atom stereocenters. The van der Waals surface area contributed by atoms with Crippen molar-refractivity contribution in [1.29, 1.82) is 0 Å². The van der Waals surface area contributed by atoms with Crippen molar-refractivity contribution in [3.05, 3.63) is 29.6 Å². The van der Waals surface area contributed by atoms with Crippen LogP contribution in [0.3, 0.4) is 0 Å². The van der Waals surface area contributed by atoms with Gasteiger partial charge in [0.25, 0.3) is 0 Å². The standard InChI is InChI=1S/C8H9FO3/c9-5-1-2-7(11)6(3-5)8(12)4-10/h1-3,8,10-12H,4H2. The molecule has 1 atom stereocenters. The lowest BCUT2D eigenvalue weighted by atomic mass is 10.1. The Hall–Kier alpha value is -1.13. The Balaban J connectivity index is 3.04. The Morgan fingerprint density at radius 2 is 2.08 bits per heavy atom. The lowest BCUT2D eigenvalue weighted by Gasteiger charge is -2.08. The Morgan fingerprint density at radius 1 is 1.42 bits per heavy atom. The summed E-state index contributed by atoms with van der Waals surface area (Å²) in [5.41, 5.74) is -0.00231.